The fraction of sp³-hybridized carbons (Fsp3) is 0.378. The van der Waals surface area contributed by atoms with Crippen LogP contribution in [0.4, 0.5) is 5.69 Å². The second-order valence-electron chi connectivity index (χ2n) is 11.8. The summed E-state index contributed by atoms with van der Waals surface area (Å²) < 4.78 is 6.06. The van der Waals surface area contributed by atoms with Gasteiger partial charge in [-0.3, -0.25) is 14.5 Å². The lowest BCUT2D eigenvalue weighted by molar-refractivity contribution is -0.138. The van der Waals surface area contributed by atoms with Gasteiger partial charge in [0.1, 0.15) is 17.4 Å². The zero-order chi connectivity index (χ0) is 32.2. The molecule has 238 valence electrons. The van der Waals surface area contributed by atoms with Crippen molar-refractivity contribution in [3.05, 3.63) is 99.9 Å². The summed E-state index contributed by atoms with van der Waals surface area (Å²) in [6.45, 7) is 9.05. The van der Waals surface area contributed by atoms with Crippen molar-refractivity contribution >= 4 is 28.9 Å². The Morgan fingerprint density at radius 1 is 0.933 bits per heavy atom. The lowest BCUT2D eigenvalue weighted by Gasteiger charge is -2.19. The third-order valence-electron chi connectivity index (χ3n) is 7.77. The Labute approximate surface area is 271 Å². The Morgan fingerprint density at radius 3 is 2.27 bits per heavy atom. The number of carbonyl (C=O) groups is 2. The summed E-state index contributed by atoms with van der Waals surface area (Å²) >= 11 is 1.46. The molecule has 0 atom stereocenters. The summed E-state index contributed by atoms with van der Waals surface area (Å²) in [5.41, 5.74) is 6.02. The smallest absolute Gasteiger partial charge is 0.317 e. The highest BCUT2D eigenvalue weighted by Gasteiger charge is 2.18. The lowest BCUT2D eigenvalue weighted by atomic mass is 9.90. The molecule has 0 saturated carbocycles. The van der Waals surface area contributed by atoms with Crippen LogP contribution in [-0.4, -0.2) is 40.0 Å². The molecule has 1 amide bonds. The van der Waals surface area contributed by atoms with E-state index in [0.29, 0.717) is 12.5 Å². The molecule has 45 heavy (non-hydrogen) atoms. The van der Waals surface area contributed by atoms with E-state index in [1.54, 1.807) is 4.90 Å². The molecule has 0 unspecified atom stereocenters. The van der Waals surface area contributed by atoms with Gasteiger partial charge in [-0.2, -0.15) is 0 Å². The van der Waals surface area contributed by atoms with E-state index in [4.69, 9.17) is 9.72 Å². The van der Waals surface area contributed by atoms with Gasteiger partial charge in [0.05, 0.1) is 25.3 Å². The molecule has 1 aromatic heterocycles. The molecule has 0 saturated heterocycles. The van der Waals surface area contributed by atoms with Crippen LogP contribution < -0.4 is 10.1 Å². The molecule has 0 fully saturated rings. The Hall–Kier alpha value is -4.01. The van der Waals surface area contributed by atoms with Crippen molar-refractivity contribution in [2.24, 2.45) is 0 Å². The number of benzene rings is 3. The van der Waals surface area contributed by atoms with Gasteiger partial charge >= 0.3 is 5.97 Å². The fourth-order valence-electron chi connectivity index (χ4n) is 5.52. The summed E-state index contributed by atoms with van der Waals surface area (Å²) in [5.74, 6) is 0.478. The molecule has 2 N–H and O–H groups in total. The number of para-hydroxylation sites is 1. The highest BCUT2D eigenvalue weighted by atomic mass is 32.1. The van der Waals surface area contributed by atoms with Crippen molar-refractivity contribution in [1.29, 1.82) is 0 Å². The number of carbonyl (C=O) groups excluding carboxylic acids is 1. The van der Waals surface area contributed by atoms with Gasteiger partial charge in [0.25, 0.3) is 0 Å². The van der Waals surface area contributed by atoms with E-state index in [-0.39, 0.29) is 31.5 Å². The average molecular weight is 628 g/mol. The lowest BCUT2D eigenvalue weighted by Crippen LogP contribution is -2.36. The second kappa shape index (κ2) is 16.9. The van der Waals surface area contributed by atoms with Crippen LogP contribution in [-0.2, 0) is 22.7 Å². The predicted octanol–water partition coefficient (Wildman–Crippen LogP) is 8.72. The van der Waals surface area contributed by atoms with Crippen molar-refractivity contribution in [2.75, 3.05) is 18.4 Å². The second-order valence-corrected chi connectivity index (χ2v) is 12.7. The number of aromatic nitrogens is 1. The van der Waals surface area contributed by atoms with Crippen LogP contribution >= 0.6 is 11.3 Å². The highest BCUT2D eigenvalue weighted by molar-refractivity contribution is 7.09. The Kier molecular flexibility index (Phi) is 12.7. The Bertz CT molecular complexity index is 1510. The molecule has 0 aliphatic rings. The van der Waals surface area contributed by atoms with Crippen LogP contribution in [0.3, 0.4) is 0 Å². The number of rotatable bonds is 17. The van der Waals surface area contributed by atoms with E-state index in [0.717, 1.165) is 38.8 Å². The molecule has 0 radical (unpaired) electrons. The fourth-order valence-corrected chi connectivity index (χ4v) is 6.37. The molecule has 3 aromatic carbocycles. The molecule has 0 spiro atoms. The summed E-state index contributed by atoms with van der Waals surface area (Å²) in [7, 11) is 0. The monoisotopic (exact) mass is 627 g/mol. The normalized spacial score (nSPS) is 11.4. The van der Waals surface area contributed by atoms with Crippen LogP contribution in [0.2, 0.25) is 0 Å². The number of amides is 1. The SMILES string of the molecule is CCCC(CCC)c1ccc(OCc2ccc(-c3csc(CN(CC(=O)O)CC(=O)Nc4ccccc4C(C)C)n3)cc2)cc1. The molecular formula is C37H45N3O4S. The Balaban J connectivity index is 1.33. The third-order valence-corrected chi connectivity index (χ3v) is 8.61. The first-order valence-corrected chi connectivity index (χ1v) is 16.7. The Morgan fingerprint density at radius 2 is 1.62 bits per heavy atom. The summed E-state index contributed by atoms with van der Waals surface area (Å²) in [6.07, 6.45) is 4.81. The zero-order valence-corrected chi connectivity index (χ0v) is 27.6. The molecule has 4 aromatic rings. The first kappa shape index (κ1) is 33.9. The van der Waals surface area contributed by atoms with Crippen LogP contribution in [0.15, 0.2) is 78.2 Å². The number of nitrogens with one attached hydrogen (secondary N) is 1. The van der Waals surface area contributed by atoms with Crippen molar-refractivity contribution < 1.29 is 19.4 Å². The number of thiazole rings is 1. The van der Waals surface area contributed by atoms with Crippen molar-refractivity contribution in [3.63, 3.8) is 0 Å². The van der Waals surface area contributed by atoms with Crippen LogP contribution in [0, 0.1) is 0 Å². The third kappa shape index (κ3) is 10.3. The van der Waals surface area contributed by atoms with E-state index in [9.17, 15) is 14.7 Å². The molecule has 1 heterocycles. The maximum atomic E-state index is 12.9. The van der Waals surface area contributed by atoms with Crippen LogP contribution in [0.1, 0.15) is 86.9 Å². The minimum atomic E-state index is -0.993. The minimum Gasteiger partial charge on any atom is -0.489 e. The largest absolute Gasteiger partial charge is 0.489 e. The number of carboxylic acids is 1. The average Bonchev–Trinajstić information content (AvgIpc) is 3.48. The quantitative estimate of drug-likeness (QED) is 0.122. The topological polar surface area (TPSA) is 91.8 Å². The van der Waals surface area contributed by atoms with Gasteiger partial charge in [-0.15, -0.1) is 11.3 Å². The molecule has 0 aliphatic heterocycles. The van der Waals surface area contributed by atoms with E-state index < -0.39 is 5.97 Å². The van der Waals surface area contributed by atoms with Crippen molar-refractivity contribution in [1.82, 2.24) is 9.88 Å². The molecule has 8 heteroatoms. The summed E-state index contributed by atoms with van der Waals surface area (Å²) in [4.78, 5) is 30.8. The van der Waals surface area contributed by atoms with Gasteiger partial charge in [-0.1, -0.05) is 95.1 Å². The number of ether oxygens (including phenoxy) is 1. The van der Waals surface area contributed by atoms with Crippen molar-refractivity contribution in [2.45, 2.75) is 78.4 Å². The molecular weight excluding hydrogens is 582 g/mol. The maximum Gasteiger partial charge on any atom is 0.317 e. The van der Waals surface area contributed by atoms with Gasteiger partial charge in [-0.25, -0.2) is 4.98 Å². The van der Waals surface area contributed by atoms with Gasteiger partial charge in [0, 0.05) is 16.6 Å². The van der Waals surface area contributed by atoms with E-state index in [2.05, 4.69) is 57.3 Å². The van der Waals surface area contributed by atoms with Crippen molar-refractivity contribution in [3.8, 4) is 17.0 Å². The van der Waals surface area contributed by atoms with Gasteiger partial charge in [0.15, 0.2) is 0 Å². The number of nitrogens with zero attached hydrogens (tertiary/aromatic N) is 2. The highest BCUT2D eigenvalue weighted by Crippen LogP contribution is 2.29. The minimum absolute atomic E-state index is 0.0525. The van der Waals surface area contributed by atoms with Gasteiger partial charge < -0.3 is 15.2 Å². The molecule has 0 aliphatic carbocycles. The summed E-state index contributed by atoms with van der Waals surface area (Å²) in [6, 6.07) is 24.3. The number of aliphatic carboxylic acids is 1. The number of hydrogen-bond acceptors (Lipinski definition) is 6. The zero-order valence-electron chi connectivity index (χ0n) is 26.8. The van der Waals surface area contributed by atoms with Crippen LogP contribution in [0.25, 0.3) is 11.3 Å². The number of anilines is 1. The molecule has 0 bridgehead atoms. The van der Waals surface area contributed by atoms with Gasteiger partial charge in [0.2, 0.25) is 5.91 Å². The van der Waals surface area contributed by atoms with E-state index in [1.807, 2.05) is 53.9 Å². The maximum absolute atomic E-state index is 12.9. The van der Waals surface area contributed by atoms with Gasteiger partial charge in [-0.05, 0) is 59.6 Å². The predicted molar refractivity (Wildman–Crippen MR) is 183 cm³/mol. The molecule has 4 rings (SSSR count). The number of hydrogen-bond donors (Lipinski definition) is 2. The first-order valence-electron chi connectivity index (χ1n) is 15.8. The summed E-state index contributed by atoms with van der Waals surface area (Å²) in [5, 5.41) is 15.1. The standard InChI is InChI=1S/C37H45N3O4S/c1-5-9-28(10-6-2)29-17-19-31(20-18-29)44-24-27-13-15-30(16-14-27)34-25-45-36(39-34)22-40(23-37(42)43)21-35(41)38-33-12-8-7-11-32(33)26(3)4/h7-8,11-20,25-26,28H,5-6,9-10,21-24H2,1-4H3,(H,38,41)(H,42,43). The van der Waals surface area contributed by atoms with Crippen LogP contribution in [0.5, 0.6) is 5.75 Å². The first-order chi connectivity index (χ1) is 21.7. The van der Waals surface area contributed by atoms with E-state index >= 15 is 0 Å². The number of carboxylic acid groups (broad SMARTS) is 1. The van der Waals surface area contributed by atoms with E-state index in [1.165, 1.54) is 42.6 Å². The molecule has 7 nitrogen and oxygen atoms in total.